The number of methoxy groups -OCH3 is 1. The number of carbonyl (C=O) groups excluding carboxylic acids is 1. The van der Waals surface area contributed by atoms with E-state index in [1.807, 2.05) is 13.8 Å². The molecule has 0 spiro atoms. The maximum Gasteiger partial charge on any atom is 0.358 e. The van der Waals surface area contributed by atoms with Crippen molar-refractivity contribution in [3.05, 3.63) is 17.0 Å². The van der Waals surface area contributed by atoms with Gasteiger partial charge in [-0.1, -0.05) is 0 Å². The molecule has 0 saturated carbocycles. The third-order valence-electron chi connectivity index (χ3n) is 2.61. The fraction of sp³-hybridized carbons (Fsp3) is 0.583. The lowest BCUT2D eigenvalue weighted by Gasteiger charge is -2.07. The van der Waals surface area contributed by atoms with Gasteiger partial charge in [0.1, 0.15) is 0 Å². The summed E-state index contributed by atoms with van der Waals surface area (Å²) in [5, 5.41) is 0. The van der Waals surface area contributed by atoms with E-state index in [9.17, 15) is 4.79 Å². The molecule has 0 amide bonds. The van der Waals surface area contributed by atoms with E-state index >= 15 is 0 Å². The summed E-state index contributed by atoms with van der Waals surface area (Å²) >= 11 is 5.59. The number of halogens is 1. The van der Waals surface area contributed by atoms with Crippen molar-refractivity contribution >= 4 is 17.6 Å². The van der Waals surface area contributed by atoms with E-state index in [1.165, 1.54) is 7.11 Å². The molecular weight excluding hydrogens is 242 g/mol. The van der Waals surface area contributed by atoms with Crippen LogP contribution in [0.25, 0.3) is 0 Å². The average Bonchev–Trinajstić information content (AvgIpc) is 2.61. The van der Waals surface area contributed by atoms with Gasteiger partial charge in [-0.2, -0.15) is 0 Å². The summed E-state index contributed by atoms with van der Waals surface area (Å²) in [6.07, 6.45) is 1.77. The van der Waals surface area contributed by atoms with Crippen LogP contribution in [0.2, 0.25) is 0 Å². The van der Waals surface area contributed by atoms with Crippen LogP contribution in [0.3, 0.4) is 0 Å². The van der Waals surface area contributed by atoms with E-state index in [0.717, 1.165) is 24.1 Å². The van der Waals surface area contributed by atoms with Gasteiger partial charge in [-0.3, -0.25) is 0 Å². The van der Waals surface area contributed by atoms with E-state index in [-0.39, 0.29) is 0 Å². The topological polar surface area (TPSA) is 51.3 Å². The largest absolute Gasteiger partial charge is 0.491 e. The summed E-state index contributed by atoms with van der Waals surface area (Å²) < 4.78 is 10.3. The second-order valence-electron chi connectivity index (χ2n) is 3.82. The van der Waals surface area contributed by atoms with Crippen LogP contribution >= 0.6 is 11.6 Å². The second kappa shape index (κ2) is 6.55. The predicted octanol–water partition coefficient (Wildman–Crippen LogP) is 2.82. The van der Waals surface area contributed by atoms with Gasteiger partial charge in [-0.15, -0.1) is 11.6 Å². The normalized spacial score (nSPS) is 10.4. The number of H-pyrrole nitrogens is 1. The van der Waals surface area contributed by atoms with Crippen LogP contribution in [-0.4, -0.2) is 30.5 Å². The Morgan fingerprint density at radius 3 is 2.65 bits per heavy atom. The van der Waals surface area contributed by atoms with Gasteiger partial charge in [-0.25, -0.2) is 4.79 Å². The zero-order chi connectivity index (χ0) is 12.8. The smallest absolute Gasteiger partial charge is 0.358 e. The van der Waals surface area contributed by atoms with Gasteiger partial charge < -0.3 is 14.5 Å². The molecule has 0 aliphatic carbocycles. The Labute approximate surface area is 106 Å². The molecule has 1 aromatic heterocycles. The number of aromatic amines is 1. The van der Waals surface area contributed by atoms with Gasteiger partial charge in [-0.05, 0) is 26.7 Å². The highest BCUT2D eigenvalue weighted by Crippen LogP contribution is 2.27. The van der Waals surface area contributed by atoms with E-state index in [1.54, 1.807) is 0 Å². The Hall–Kier alpha value is -1.16. The SMILES string of the molecule is COC(=O)c1[nH]c(C)c(C)c1OCCCCCl. The van der Waals surface area contributed by atoms with Crippen molar-refractivity contribution in [3.63, 3.8) is 0 Å². The molecule has 0 atom stereocenters. The number of unbranched alkanes of at least 4 members (excludes halogenated alkanes) is 1. The van der Waals surface area contributed by atoms with Crippen molar-refractivity contribution < 1.29 is 14.3 Å². The molecule has 5 heteroatoms. The van der Waals surface area contributed by atoms with Crippen LogP contribution in [-0.2, 0) is 4.74 Å². The third kappa shape index (κ3) is 3.40. The molecule has 0 bridgehead atoms. The molecule has 96 valence electrons. The van der Waals surface area contributed by atoms with Crippen LogP contribution in [0.4, 0.5) is 0 Å². The number of alkyl halides is 1. The lowest BCUT2D eigenvalue weighted by atomic mass is 10.2. The van der Waals surface area contributed by atoms with E-state index in [4.69, 9.17) is 21.1 Å². The standard InChI is InChI=1S/C12H18ClNO3/c1-8-9(2)14-10(12(15)16-3)11(8)17-7-5-4-6-13/h14H,4-7H2,1-3H3. The van der Waals surface area contributed by atoms with Crippen LogP contribution in [0, 0.1) is 13.8 Å². The fourth-order valence-electron chi connectivity index (χ4n) is 1.49. The second-order valence-corrected chi connectivity index (χ2v) is 4.19. The van der Waals surface area contributed by atoms with E-state index in [0.29, 0.717) is 23.9 Å². The molecule has 1 aromatic rings. The summed E-state index contributed by atoms with van der Waals surface area (Å²) in [6.45, 7) is 4.36. The summed E-state index contributed by atoms with van der Waals surface area (Å²) in [4.78, 5) is 14.5. The molecule has 0 aromatic carbocycles. The van der Waals surface area contributed by atoms with Crippen LogP contribution < -0.4 is 4.74 Å². The molecule has 1 N–H and O–H groups in total. The Morgan fingerprint density at radius 2 is 2.06 bits per heavy atom. The molecular formula is C12H18ClNO3. The number of carbonyl (C=O) groups is 1. The maximum absolute atomic E-state index is 11.5. The maximum atomic E-state index is 11.5. The van der Waals surface area contributed by atoms with Crippen molar-refractivity contribution in [2.24, 2.45) is 0 Å². The van der Waals surface area contributed by atoms with E-state index < -0.39 is 5.97 Å². The highest BCUT2D eigenvalue weighted by molar-refractivity contribution is 6.17. The molecule has 0 fully saturated rings. The van der Waals surface area contributed by atoms with E-state index in [2.05, 4.69) is 4.98 Å². The first kappa shape index (κ1) is 13.9. The Morgan fingerprint density at radius 1 is 1.35 bits per heavy atom. The van der Waals surface area contributed by atoms with Gasteiger partial charge in [0.2, 0.25) is 0 Å². The number of aromatic nitrogens is 1. The number of hydrogen-bond donors (Lipinski definition) is 1. The highest BCUT2D eigenvalue weighted by atomic mass is 35.5. The first-order chi connectivity index (χ1) is 8.11. The summed E-state index contributed by atoms with van der Waals surface area (Å²) in [5.74, 6) is 0.802. The molecule has 0 unspecified atom stereocenters. The monoisotopic (exact) mass is 259 g/mol. The third-order valence-corrected chi connectivity index (χ3v) is 2.87. The fourth-order valence-corrected chi connectivity index (χ4v) is 1.68. The molecule has 1 rings (SSSR count). The highest BCUT2D eigenvalue weighted by Gasteiger charge is 2.19. The predicted molar refractivity (Wildman–Crippen MR) is 67.1 cm³/mol. The van der Waals surface area contributed by atoms with Crippen molar-refractivity contribution in [2.75, 3.05) is 19.6 Å². The Kier molecular flexibility index (Phi) is 5.35. The van der Waals surface area contributed by atoms with Gasteiger partial charge in [0.25, 0.3) is 0 Å². The molecule has 0 aliphatic heterocycles. The molecule has 1 heterocycles. The number of esters is 1. The van der Waals surface area contributed by atoms with Crippen LogP contribution in [0.1, 0.15) is 34.6 Å². The average molecular weight is 260 g/mol. The Balaban J connectivity index is 2.77. The van der Waals surface area contributed by atoms with Gasteiger partial charge in [0.05, 0.1) is 13.7 Å². The van der Waals surface area contributed by atoms with Gasteiger partial charge in [0, 0.05) is 17.1 Å². The van der Waals surface area contributed by atoms with Gasteiger partial charge in [0.15, 0.2) is 11.4 Å². The first-order valence-corrected chi connectivity index (χ1v) is 6.11. The van der Waals surface area contributed by atoms with Crippen LogP contribution in [0.5, 0.6) is 5.75 Å². The van der Waals surface area contributed by atoms with Crippen molar-refractivity contribution in [1.82, 2.24) is 4.98 Å². The van der Waals surface area contributed by atoms with Crippen molar-refractivity contribution in [2.45, 2.75) is 26.7 Å². The molecule has 4 nitrogen and oxygen atoms in total. The van der Waals surface area contributed by atoms with Crippen molar-refractivity contribution in [3.8, 4) is 5.75 Å². The molecule has 0 radical (unpaired) electrons. The molecule has 17 heavy (non-hydrogen) atoms. The summed E-state index contributed by atoms with van der Waals surface area (Å²) in [5.41, 5.74) is 2.24. The zero-order valence-corrected chi connectivity index (χ0v) is 11.2. The van der Waals surface area contributed by atoms with Gasteiger partial charge >= 0.3 is 5.97 Å². The van der Waals surface area contributed by atoms with Crippen molar-refractivity contribution in [1.29, 1.82) is 0 Å². The number of ether oxygens (including phenoxy) is 2. The van der Waals surface area contributed by atoms with Crippen LogP contribution in [0.15, 0.2) is 0 Å². The lowest BCUT2D eigenvalue weighted by molar-refractivity contribution is 0.0589. The molecule has 0 aliphatic rings. The Bertz CT molecular complexity index is 387. The summed E-state index contributed by atoms with van der Waals surface area (Å²) in [7, 11) is 1.35. The zero-order valence-electron chi connectivity index (χ0n) is 10.4. The first-order valence-electron chi connectivity index (χ1n) is 5.58. The number of rotatable bonds is 6. The summed E-state index contributed by atoms with van der Waals surface area (Å²) in [6, 6.07) is 0. The number of nitrogens with one attached hydrogen (secondary N) is 1. The minimum Gasteiger partial charge on any atom is -0.491 e. The number of aryl methyl sites for hydroxylation is 1. The minimum absolute atomic E-state index is 0.383. The molecule has 0 saturated heterocycles. The quantitative estimate of drug-likeness (QED) is 0.486. The number of hydrogen-bond acceptors (Lipinski definition) is 3. The lowest BCUT2D eigenvalue weighted by Crippen LogP contribution is -2.06. The minimum atomic E-state index is -0.409.